The van der Waals surface area contributed by atoms with E-state index in [0.717, 1.165) is 0 Å². The molecule has 0 aromatic heterocycles. The van der Waals surface area contributed by atoms with Crippen molar-refractivity contribution in [1.29, 1.82) is 0 Å². The molecule has 0 saturated heterocycles. The number of hydrogen-bond donors (Lipinski definition) is 0. The fourth-order valence-corrected chi connectivity index (χ4v) is 2.75. The lowest BCUT2D eigenvalue weighted by atomic mass is 9.92. The topological polar surface area (TPSA) is 65.1 Å². The van der Waals surface area contributed by atoms with Crippen LogP contribution in [0.2, 0.25) is 0 Å². The van der Waals surface area contributed by atoms with Gasteiger partial charge >= 0.3 is 5.97 Å². The van der Waals surface area contributed by atoms with Gasteiger partial charge in [-0.2, -0.15) is 0 Å². The van der Waals surface area contributed by atoms with E-state index in [1.165, 1.54) is 19.1 Å². The van der Waals surface area contributed by atoms with Gasteiger partial charge in [0.15, 0.2) is 5.60 Å². The highest BCUT2D eigenvalue weighted by atomic mass is 16.5. The molecule has 0 radical (unpaired) electrons. The van der Waals surface area contributed by atoms with E-state index in [2.05, 4.69) is 6.58 Å². The van der Waals surface area contributed by atoms with Crippen molar-refractivity contribution < 1.29 is 23.8 Å². The Labute approximate surface area is 135 Å². The lowest BCUT2D eigenvalue weighted by molar-refractivity contribution is -0.137. The standard InChI is InChI=1S/C17H21NO5/c1-7-23-10(2)11-8-13-14(9-12(11)15(19)21-5)18(4)16(20)17(13,3)22-6/h8-9H,2,7H2,1,3-6H3. The summed E-state index contributed by atoms with van der Waals surface area (Å²) in [6.45, 7) is 7.80. The lowest BCUT2D eigenvalue weighted by Gasteiger charge is -2.22. The number of fused-ring (bicyclic) bond motifs is 1. The Bertz CT molecular complexity index is 682. The molecule has 2 rings (SSSR count). The van der Waals surface area contributed by atoms with Gasteiger partial charge in [0.05, 0.1) is 25.0 Å². The Kier molecular flexibility index (Phi) is 4.47. The Morgan fingerprint density at radius 3 is 2.48 bits per heavy atom. The maximum atomic E-state index is 12.5. The molecule has 1 aromatic rings. The van der Waals surface area contributed by atoms with Crippen molar-refractivity contribution in [2.75, 3.05) is 32.8 Å². The van der Waals surface area contributed by atoms with E-state index in [-0.39, 0.29) is 5.91 Å². The summed E-state index contributed by atoms with van der Waals surface area (Å²) >= 11 is 0. The number of methoxy groups -OCH3 is 2. The van der Waals surface area contributed by atoms with E-state index in [1.54, 1.807) is 26.1 Å². The molecule has 0 bridgehead atoms. The number of carbonyl (C=O) groups is 2. The molecule has 1 aliphatic rings. The number of carbonyl (C=O) groups excluding carboxylic acids is 2. The predicted octanol–water partition coefficient (Wildman–Crippen LogP) is 2.32. The highest BCUT2D eigenvalue weighted by molar-refractivity contribution is 6.08. The van der Waals surface area contributed by atoms with Crippen LogP contribution in [-0.4, -0.2) is 39.8 Å². The van der Waals surface area contributed by atoms with Gasteiger partial charge in [-0.25, -0.2) is 4.79 Å². The molecule has 0 N–H and O–H groups in total. The first-order chi connectivity index (χ1) is 10.8. The van der Waals surface area contributed by atoms with E-state index >= 15 is 0 Å². The third-order valence-corrected chi connectivity index (χ3v) is 4.16. The van der Waals surface area contributed by atoms with Crippen LogP contribution in [0.4, 0.5) is 5.69 Å². The lowest BCUT2D eigenvalue weighted by Crippen LogP contribution is -2.37. The molecule has 0 aliphatic carbocycles. The van der Waals surface area contributed by atoms with Gasteiger partial charge < -0.3 is 19.1 Å². The minimum Gasteiger partial charge on any atom is -0.494 e. The Morgan fingerprint density at radius 2 is 1.96 bits per heavy atom. The number of anilines is 1. The van der Waals surface area contributed by atoms with Crippen LogP contribution < -0.4 is 4.90 Å². The number of nitrogens with zero attached hydrogens (tertiary/aromatic N) is 1. The number of ether oxygens (including phenoxy) is 3. The minimum absolute atomic E-state index is 0.204. The second kappa shape index (κ2) is 6.04. The molecule has 1 amide bonds. The van der Waals surface area contributed by atoms with Crippen LogP contribution in [-0.2, 0) is 24.6 Å². The molecule has 6 nitrogen and oxygen atoms in total. The molecule has 0 fully saturated rings. The third kappa shape index (κ3) is 2.49. The van der Waals surface area contributed by atoms with Gasteiger partial charge in [0.25, 0.3) is 5.91 Å². The summed E-state index contributed by atoms with van der Waals surface area (Å²) in [6.07, 6.45) is 0. The van der Waals surface area contributed by atoms with Gasteiger partial charge in [-0.05, 0) is 26.0 Å². The Hall–Kier alpha value is -2.34. The average Bonchev–Trinajstić information content (AvgIpc) is 2.75. The molecule has 0 spiro atoms. The Balaban J connectivity index is 2.72. The van der Waals surface area contributed by atoms with Gasteiger partial charge in [-0.15, -0.1) is 0 Å². The summed E-state index contributed by atoms with van der Waals surface area (Å²) in [7, 11) is 4.42. The van der Waals surface area contributed by atoms with Gasteiger partial charge in [0, 0.05) is 25.3 Å². The van der Waals surface area contributed by atoms with E-state index in [4.69, 9.17) is 14.2 Å². The molecule has 1 heterocycles. The largest absolute Gasteiger partial charge is 0.494 e. The van der Waals surface area contributed by atoms with Crippen LogP contribution in [0.1, 0.15) is 35.3 Å². The van der Waals surface area contributed by atoms with Crippen molar-refractivity contribution in [3.63, 3.8) is 0 Å². The highest BCUT2D eigenvalue weighted by Crippen LogP contribution is 2.44. The molecular weight excluding hydrogens is 298 g/mol. The van der Waals surface area contributed by atoms with Gasteiger partial charge in [-0.1, -0.05) is 6.58 Å². The van der Waals surface area contributed by atoms with E-state index in [9.17, 15) is 9.59 Å². The fourth-order valence-electron chi connectivity index (χ4n) is 2.75. The number of rotatable bonds is 5. The highest BCUT2D eigenvalue weighted by Gasteiger charge is 2.47. The minimum atomic E-state index is -1.11. The van der Waals surface area contributed by atoms with Crippen LogP contribution in [0.3, 0.4) is 0 Å². The van der Waals surface area contributed by atoms with Crippen LogP contribution >= 0.6 is 0 Å². The first-order valence-electron chi connectivity index (χ1n) is 7.24. The molecule has 1 unspecified atom stereocenters. The molecule has 1 aliphatic heterocycles. The Morgan fingerprint density at radius 1 is 1.30 bits per heavy atom. The molecule has 124 valence electrons. The number of hydrogen-bond acceptors (Lipinski definition) is 5. The summed E-state index contributed by atoms with van der Waals surface area (Å²) in [5.41, 5.74) is 0.942. The van der Waals surface area contributed by atoms with E-state index in [0.29, 0.717) is 34.7 Å². The van der Waals surface area contributed by atoms with Crippen molar-refractivity contribution in [1.82, 2.24) is 0 Å². The summed E-state index contributed by atoms with van der Waals surface area (Å²) in [5, 5.41) is 0. The maximum absolute atomic E-state index is 12.5. The zero-order valence-corrected chi connectivity index (χ0v) is 14.1. The third-order valence-electron chi connectivity index (χ3n) is 4.16. The smallest absolute Gasteiger partial charge is 0.338 e. The van der Waals surface area contributed by atoms with Crippen LogP contribution in [0.25, 0.3) is 5.76 Å². The summed E-state index contributed by atoms with van der Waals surface area (Å²) in [4.78, 5) is 26.1. The number of benzene rings is 1. The van der Waals surface area contributed by atoms with E-state index in [1.807, 2.05) is 6.92 Å². The summed E-state index contributed by atoms with van der Waals surface area (Å²) in [6, 6.07) is 3.33. The molecule has 6 heteroatoms. The first-order valence-corrected chi connectivity index (χ1v) is 7.24. The normalized spacial score (nSPS) is 19.5. The summed E-state index contributed by atoms with van der Waals surface area (Å²) < 4.78 is 15.7. The quantitative estimate of drug-likeness (QED) is 0.615. The molecule has 1 atom stereocenters. The second-order valence-corrected chi connectivity index (χ2v) is 5.36. The van der Waals surface area contributed by atoms with Crippen LogP contribution in [0.5, 0.6) is 0 Å². The number of amides is 1. The monoisotopic (exact) mass is 319 g/mol. The molecular formula is C17H21NO5. The second-order valence-electron chi connectivity index (χ2n) is 5.36. The van der Waals surface area contributed by atoms with Crippen molar-refractivity contribution in [3.8, 4) is 0 Å². The predicted molar refractivity (Wildman–Crippen MR) is 86.2 cm³/mol. The SMILES string of the molecule is C=C(OCC)c1cc2c(cc1C(=O)OC)N(C)C(=O)C2(C)OC. The number of likely N-dealkylation sites (N-methyl/N-ethyl adjacent to an activating group) is 1. The molecule has 0 saturated carbocycles. The van der Waals surface area contributed by atoms with Gasteiger partial charge in [0.2, 0.25) is 0 Å². The maximum Gasteiger partial charge on any atom is 0.338 e. The number of esters is 1. The molecule has 23 heavy (non-hydrogen) atoms. The zero-order valence-electron chi connectivity index (χ0n) is 14.1. The van der Waals surface area contributed by atoms with Crippen molar-refractivity contribution in [2.24, 2.45) is 0 Å². The van der Waals surface area contributed by atoms with Crippen molar-refractivity contribution in [2.45, 2.75) is 19.4 Å². The summed E-state index contributed by atoms with van der Waals surface area (Å²) in [5.74, 6) is -0.378. The average molecular weight is 319 g/mol. The van der Waals surface area contributed by atoms with E-state index < -0.39 is 11.6 Å². The fraction of sp³-hybridized carbons (Fsp3) is 0.412. The van der Waals surface area contributed by atoms with Crippen molar-refractivity contribution in [3.05, 3.63) is 35.4 Å². The van der Waals surface area contributed by atoms with Gasteiger partial charge in [0.1, 0.15) is 5.76 Å². The first kappa shape index (κ1) is 17.0. The van der Waals surface area contributed by atoms with Crippen molar-refractivity contribution >= 4 is 23.3 Å². The van der Waals surface area contributed by atoms with Gasteiger partial charge in [-0.3, -0.25) is 4.79 Å². The van der Waals surface area contributed by atoms with Crippen LogP contribution in [0, 0.1) is 0 Å². The molecule has 1 aromatic carbocycles. The zero-order chi connectivity index (χ0) is 17.4. The van der Waals surface area contributed by atoms with Crippen LogP contribution in [0.15, 0.2) is 18.7 Å².